The van der Waals surface area contributed by atoms with Crippen molar-refractivity contribution in [2.45, 2.75) is 24.6 Å². The predicted octanol–water partition coefficient (Wildman–Crippen LogP) is 5.76. The van der Waals surface area contributed by atoms with Gasteiger partial charge >= 0.3 is 0 Å². The van der Waals surface area contributed by atoms with Crippen LogP contribution in [0.3, 0.4) is 0 Å². The van der Waals surface area contributed by atoms with Gasteiger partial charge < -0.3 is 4.74 Å². The molecular formula is C17H18BrClO. The lowest BCUT2D eigenvalue weighted by atomic mass is 10.0. The Balaban J connectivity index is 1.91. The fraction of sp³-hybridized carbons (Fsp3) is 0.294. The first-order valence-corrected chi connectivity index (χ1v) is 7.95. The molecule has 0 fully saturated rings. The zero-order valence-electron chi connectivity index (χ0n) is 11.5. The molecule has 0 aliphatic rings. The maximum Gasteiger partial charge on any atom is 0.122 e. The van der Waals surface area contributed by atoms with Crippen molar-refractivity contribution in [1.29, 1.82) is 0 Å². The molecule has 2 rings (SSSR count). The number of hydrogen-bond donors (Lipinski definition) is 0. The van der Waals surface area contributed by atoms with Gasteiger partial charge in [-0.05, 0) is 48.6 Å². The van der Waals surface area contributed by atoms with Crippen LogP contribution in [-0.4, -0.2) is 7.11 Å². The number of hydrogen-bond acceptors (Lipinski definition) is 1. The minimum absolute atomic E-state index is 0.0781. The first kappa shape index (κ1) is 15.4. The number of aryl methyl sites for hydroxylation is 1. The lowest BCUT2D eigenvalue weighted by molar-refractivity contribution is 0.408. The summed E-state index contributed by atoms with van der Waals surface area (Å²) in [6, 6.07) is 16.3. The Morgan fingerprint density at radius 3 is 2.60 bits per heavy atom. The van der Waals surface area contributed by atoms with E-state index in [9.17, 15) is 0 Å². The summed E-state index contributed by atoms with van der Waals surface area (Å²) in [7, 11) is 1.71. The van der Waals surface area contributed by atoms with Crippen molar-refractivity contribution in [2.75, 3.05) is 7.11 Å². The average molecular weight is 354 g/mol. The number of alkyl halides is 1. The summed E-state index contributed by atoms with van der Waals surface area (Å²) in [5.74, 6) is 0.944. The second-order valence-corrected chi connectivity index (χ2v) is 6.17. The van der Waals surface area contributed by atoms with Gasteiger partial charge in [-0.1, -0.05) is 46.3 Å². The molecule has 0 saturated carbocycles. The van der Waals surface area contributed by atoms with Crippen LogP contribution in [0.2, 0.25) is 0 Å². The van der Waals surface area contributed by atoms with Crippen molar-refractivity contribution in [1.82, 2.24) is 0 Å². The van der Waals surface area contributed by atoms with E-state index in [1.807, 2.05) is 30.3 Å². The molecule has 3 heteroatoms. The molecule has 1 unspecified atom stereocenters. The molecule has 1 atom stereocenters. The molecule has 106 valence electrons. The van der Waals surface area contributed by atoms with E-state index in [0.717, 1.165) is 29.5 Å². The van der Waals surface area contributed by atoms with Gasteiger partial charge in [-0.2, -0.15) is 0 Å². The Kier molecular flexibility index (Phi) is 5.93. The quantitative estimate of drug-likeness (QED) is 0.600. The smallest absolute Gasteiger partial charge is 0.122 e. The van der Waals surface area contributed by atoms with Gasteiger partial charge in [-0.3, -0.25) is 0 Å². The number of benzene rings is 2. The Labute approximate surface area is 134 Å². The fourth-order valence-electron chi connectivity index (χ4n) is 2.24. The van der Waals surface area contributed by atoms with E-state index in [2.05, 4.69) is 34.1 Å². The van der Waals surface area contributed by atoms with Gasteiger partial charge in [0.1, 0.15) is 5.75 Å². The predicted molar refractivity (Wildman–Crippen MR) is 88.7 cm³/mol. The van der Waals surface area contributed by atoms with E-state index in [4.69, 9.17) is 16.3 Å². The third-order valence-electron chi connectivity index (χ3n) is 3.31. The average Bonchev–Trinajstić information content (AvgIpc) is 2.48. The van der Waals surface area contributed by atoms with Gasteiger partial charge in [0.05, 0.1) is 12.5 Å². The first-order valence-electron chi connectivity index (χ1n) is 6.72. The minimum Gasteiger partial charge on any atom is -0.496 e. The van der Waals surface area contributed by atoms with E-state index in [-0.39, 0.29) is 5.38 Å². The molecule has 0 bridgehead atoms. The topological polar surface area (TPSA) is 9.23 Å². The van der Waals surface area contributed by atoms with Crippen LogP contribution >= 0.6 is 27.5 Å². The number of halogens is 2. The monoisotopic (exact) mass is 352 g/mol. The zero-order chi connectivity index (χ0) is 14.4. The highest BCUT2D eigenvalue weighted by Gasteiger charge is 2.09. The second-order valence-electron chi connectivity index (χ2n) is 4.73. The van der Waals surface area contributed by atoms with Gasteiger partial charge in [0.25, 0.3) is 0 Å². The largest absolute Gasteiger partial charge is 0.496 e. The lowest BCUT2D eigenvalue weighted by Gasteiger charge is -2.12. The molecule has 0 N–H and O–H groups in total. The van der Waals surface area contributed by atoms with E-state index in [1.54, 1.807) is 7.11 Å². The molecule has 0 spiro atoms. The molecule has 0 amide bonds. The van der Waals surface area contributed by atoms with Crippen LogP contribution in [0.4, 0.5) is 0 Å². The Morgan fingerprint density at radius 2 is 1.90 bits per heavy atom. The third-order valence-corrected chi connectivity index (χ3v) is 4.27. The molecule has 2 aromatic rings. The van der Waals surface area contributed by atoms with Crippen LogP contribution in [0.5, 0.6) is 5.75 Å². The SMILES string of the molecule is COc1ccc(Br)cc1CCCC(Cl)c1ccccc1. The van der Waals surface area contributed by atoms with Gasteiger partial charge in [-0.25, -0.2) is 0 Å². The summed E-state index contributed by atoms with van der Waals surface area (Å²) in [6.07, 6.45) is 2.97. The molecule has 2 aromatic carbocycles. The molecule has 0 saturated heterocycles. The second kappa shape index (κ2) is 7.70. The molecule has 0 radical (unpaired) electrons. The van der Waals surface area contributed by atoms with Crippen molar-refractivity contribution in [3.8, 4) is 5.75 Å². The molecule has 20 heavy (non-hydrogen) atoms. The van der Waals surface area contributed by atoms with Crippen molar-refractivity contribution in [3.63, 3.8) is 0 Å². The Hall–Kier alpha value is -0.990. The van der Waals surface area contributed by atoms with E-state index in [1.165, 1.54) is 11.1 Å². The minimum atomic E-state index is 0.0781. The molecule has 0 heterocycles. The van der Waals surface area contributed by atoms with Gasteiger partial charge in [0, 0.05) is 4.47 Å². The molecule has 0 aliphatic heterocycles. The fourth-order valence-corrected chi connectivity index (χ4v) is 2.95. The summed E-state index contributed by atoms with van der Waals surface area (Å²) in [5.41, 5.74) is 2.41. The molecule has 0 aliphatic carbocycles. The maximum atomic E-state index is 6.44. The Bertz CT molecular complexity index is 542. The summed E-state index contributed by atoms with van der Waals surface area (Å²) in [5, 5.41) is 0.0781. The van der Waals surface area contributed by atoms with E-state index in [0.29, 0.717) is 0 Å². The highest BCUT2D eigenvalue weighted by molar-refractivity contribution is 9.10. The van der Waals surface area contributed by atoms with Crippen LogP contribution in [0, 0.1) is 0 Å². The number of rotatable bonds is 6. The highest BCUT2D eigenvalue weighted by Crippen LogP contribution is 2.29. The van der Waals surface area contributed by atoms with Gasteiger partial charge in [0.2, 0.25) is 0 Å². The third kappa shape index (κ3) is 4.26. The Morgan fingerprint density at radius 1 is 1.15 bits per heavy atom. The maximum absolute atomic E-state index is 6.44. The van der Waals surface area contributed by atoms with Crippen molar-refractivity contribution >= 4 is 27.5 Å². The van der Waals surface area contributed by atoms with Crippen molar-refractivity contribution in [2.24, 2.45) is 0 Å². The van der Waals surface area contributed by atoms with Gasteiger partial charge in [-0.15, -0.1) is 11.6 Å². The molecule has 0 aromatic heterocycles. The molecule has 1 nitrogen and oxygen atoms in total. The van der Waals surface area contributed by atoms with Crippen LogP contribution in [-0.2, 0) is 6.42 Å². The summed E-state index contributed by atoms with van der Waals surface area (Å²) < 4.78 is 6.47. The van der Waals surface area contributed by atoms with Crippen LogP contribution in [0.15, 0.2) is 53.0 Å². The van der Waals surface area contributed by atoms with Gasteiger partial charge in [0.15, 0.2) is 0 Å². The number of ether oxygens (including phenoxy) is 1. The number of methoxy groups -OCH3 is 1. The summed E-state index contributed by atoms with van der Waals surface area (Å²) in [6.45, 7) is 0. The normalized spacial score (nSPS) is 12.2. The van der Waals surface area contributed by atoms with Crippen LogP contribution in [0.1, 0.15) is 29.3 Å². The van der Waals surface area contributed by atoms with Crippen molar-refractivity contribution < 1.29 is 4.74 Å². The van der Waals surface area contributed by atoms with E-state index >= 15 is 0 Å². The highest BCUT2D eigenvalue weighted by atomic mass is 79.9. The zero-order valence-corrected chi connectivity index (χ0v) is 13.8. The first-order chi connectivity index (χ1) is 9.70. The van der Waals surface area contributed by atoms with E-state index < -0.39 is 0 Å². The summed E-state index contributed by atoms with van der Waals surface area (Å²) in [4.78, 5) is 0. The molecular weight excluding hydrogens is 336 g/mol. The van der Waals surface area contributed by atoms with Crippen molar-refractivity contribution in [3.05, 3.63) is 64.1 Å². The van der Waals surface area contributed by atoms with Crippen LogP contribution in [0.25, 0.3) is 0 Å². The standard InChI is InChI=1S/C17H18BrClO/c1-20-17-11-10-15(18)12-14(17)8-5-9-16(19)13-6-3-2-4-7-13/h2-4,6-7,10-12,16H,5,8-9H2,1H3. The lowest BCUT2D eigenvalue weighted by Crippen LogP contribution is -1.95. The van der Waals surface area contributed by atoms with Crippen LogP contribution < -0.4 is 4.74 Å². The summed E-state index contributed by atoms with van der Waals surface area (Å²) >= 11 is 9.94.